The molecule has 0 aromatic heterocycles. The van der Waals surface area contributed by atoms with Gasteiger partial charge in [0.1, 0.15) is 0 Å². The SMILES string of the molecule is C=C(C)C[SiH](Cl)c1ccccc1. The summed E-state index contributed by atoms with van der Waals surface area (Å²) in [6.07, 6.45) is 0. The van der Waals surface area contributed by atoms with E-state index in [9.17, 15) is 0 Å². The van der Waals surface area contributed by atoms with Gasteiger partial charge in [0.15, 0.2) is 8.11 Å². The lowest BCUT2D eigenvalue weighted by Gasteiger charge is -2.06. The fourth-order valence-corrected chi connectivity index (χ4v) is 3.80. The van der Waals surface area contributed by atoms with Crippen LogP contribution in [0.1, 0.15) is 6.92 Å². The van der Waals surface area contributed by atoms with Crippen molar-refractivity contribution < 1.29 is 0 Å². The molecule has 1 atom stereocenters. The van der Waals surface area contributed by atoms with Crippen LogP contribution in [0.25, 0.3) is 0 Å². The summed E-state index contributed by atoms with van der Waals surface area (Å²) in [7, 11) is -1.25. The van der Waals surface area contributed by atoms with E-state index in [4.69, 9.17) is 11.1 Å². The van der Waals surface area contributed by atoms with E-state index in [0.29, 0.717) is 0 Å². The van der Waals surface area contributed by atoms with Crippen molar-refractivity contribution in [2.24, 2.45) is 0 Å². The summed E-state index contributed by atoms with van der Waals surface area (Å²) < 4.78 is 0. The van der Waals surface area contributed by atoms with Crippen LogP contribution < -0.4 is 5.19 Å². The van der Waals surface area contributed by atoms with Crippen molar-refractivity contribution in [1.82, 2.24) is 0 Å². The fourth-order valence-electron chi connectivity index (χ4n) is 1.09. The summed E-state index contributed by atoms with van der Waals surface area (Å²) >= 11 is 6.28. The standard InChI is InChI=1S/C10H13ClSi/c1-9(2)8-12(11)10-6-4-3-5-7-10/h3-7,12H,1,8H2,2H3. The van der Waals surface area contributed by atoms with Crippen LogP contribution in [0.2, 0.25) is 6.04 Å². The third kappa shape index (κ3) is 2.84. The fraction of sp³-hybridized carbons (Fsp3) is 0.200. The van der Waals surface area contributed by atoms with Crippen LogP contribution >= 0.6 is 11.1 Å². The van der Waals surface area contributed by atoms with Crippen molar-refractivity contribution in [2.75, 3.05) is 0 Å². The van der Waals surface area contributed by atoms with Gasteiger partial charge in [0.25, 0.3) is 0 Å². The molecule has 0 nitrogen and oxygen atoms in total. The Kier molecular flexibility index (Phi) is 3.57. The van der Waals surface area contributed by atoms with Crippen molar-refractivity contribution in [3.05, 3.63) is 42.5 Å². The number of rotatable bonds is 3. The minimum absolute atomic E-state index is 0.992. The van der Waals surface area contributed by atoms with E-state index in [2.05, 4.69) is 18.7 Å². The third-order valence-electron chi connectivity index (χ3n) is 1.69. The summed E-state index contributed by atoms with van der Waals surface area (Å²) in [6, 6.07) is 11.3. The first-order chi connectivity index (χ1) is 5.70. The minimum Gasteiger partial charge on any atom is -0.165 e. The molecule has 1 unspecified atom stereocenters. The lowest BCUT2D eigenvalue weighted by molar-refractivity contribution is 1.39. The molecule has 0 spiro atoms. The molecule has 1 rings (SSSR count). The number of allylic oxidation sites excluding steroid dienone is 1. The zero-order valence-electron chi connectivity index (χ0n) is 7.26. The van der Waals surface area contributed by atoms with Gasteiger partial charge in [0, 0.05) is 0 Å². The monoisotopic (exact) mass is 196 g/mol. The zero-order chi connectivity index (χ0) is 8.97. The van der Waals surface area contributed by atoms with E-state index in [1.54, 1.807) is 0 Å². The lowest BCUT2D eigenvalue weighted by atomic mass is 10.4. The Hall–Kier alpha value is -0.533. The number of halogens is 1. The molecule has 0 saturated carbocycles. The summed E-state index contributed by atoms with van der Waals surface area (Å²) in [5, 5.41) is 1.31. The molecule has 0 aliphatic rings. The molecule has 0 aliphatic carbocycles. The second-order valence-electron chi connectivity index (χ2n) is 3.04. The highest BCUT2D eigenvalue weighted by atomic mass is 35.6. The van der Waals surface area contributed by atoms with Gasteiger partial charge in [0.2, 0.25) is 0 Å². The number of benzene rings is 1. The molecular weight excluding hydrogens is 184 g/mol. The smallest absolute Gasteiger partial charge is 0.165 e. The molecule has 1 aromatic rings. The molecule has 0 N–H and O–H groups in total. The van der Waals surface area contributed by atoms with Crippen LogP contribution in [-0.2, 0) is 0 Å². The van der Waals surface area contributed by atoms with Crippen LogP contribution in [0.15, 0.2) is 42.5 Å². The lowest BCUT2D eigenvalue weighted by Crippen LogP contribution is -2.23. The first kappa shape index (κ1) is 9.55. The number of hydrogen-bond acceptors (Lipinski definition) is 0. The Morgan fingerprint density at radius 2 is 2.00 bits per heavy atom. The molecule has 0 saturated heterocycles. The molecular formula is C10H13ClSi. The quantitative estimate of drug-likeness (QED) is 0.396. The van der Waals surface area contributed by atoms with Crippen molar-refractivity contribution in [1.29, 1.82) is 0 Å². The third-order valence-corrected chi connectivity index (χ3v) is 5.07. The Morgan fingerprint density at radius 3 is 2.50 bits per heavy atom. The van der Waals surface area contributed by atoms with Crippen LogP contribution in [0.4, 0.5) is 0 Å². The van der Waals surface area contributed by atoms with Gasteiger partial charge < -0.3 is 0 Å². The molecule has 2 heteroatoms. The molecule has 0 aliphatic heterocycles. The zero-order valence-corrected chi connectivity index (χ0v) is 9.17. The van der Waals surface area contributed by atoms with E-state index < -0.39 is 8.11 Å². The number of hydrogen-bond donors (Lipinski definition) is 0. The normalized spacial score (nSPS) is 12.5. The van der Waals surface area contributed by atoms with Gasteiger partial charge in [-0.25, -0.2) is 0 Å². The van der Waals surface area contributed by atoms with E-state index in [1.165, 1.54) is 10.8 Å². The van der Waals surface area contributed by atoms with Crippen molar-refractivity contribution >= 4 is 24.4 Å². The average molecular weight is 197 g/mol. The summed E-state index contributed by atoms with van der Waals surface area (Å²) in [5.41, 5.74) is 1.19. The van der Waals surface area contributed by atoms with Gasteiger partial charge in [-0.3, -0.25) is 0 Å². The molecule has 0 radical (unpaired) electrons. The van der Waals surface area contributed by atoms with Crippen molar-refractivity contribution in [3.63, 3.8) is 0 Å². The summed E-state index contributed by atoms with van der Waals surface area (Å²) in [5.74, 6) is 0. The Morgan fingerprint density at radius 1 is 1.42 bits per heavy atom. The van der Waals surface area contributed by atoms with Crippen LogP contribution in [0.3, 0.4) is 0 Å². The van der Waals surface area contributed by atoms with Crippen LogP contribution in [-0.4, -0.2) is 8.11 Å². The molecule has 0 heterocycles. The minimum atomic E-state index is -1.25. The van der Waals surface area contributed by atoms with Gasteiger partial charge in [-0.05, 0) is 18.2 Å². The molecule has 12 heavy (non-hydrogen) atoms. The van der Waals surface area contributed by atoms with Crippen LogP contribution in [0, 0.1) is 0 Å². The average Bonchev–Trinajstić information content (AvgIpc) is 2.05. The van der Waals surface area contributed by atoms with E-state index in [-0.39, 0.29) is 0 Å². The molecule has 0 bridgehead atoms. The molecule has 64 valence electrons. The van der Waals surface area contributed by atoms with E-state index in [1.807, 2.05) is 25.1 Å². The summed E-state index contributed by atoms with van der Waals surface area (Å²) in [4.78, 5) is 0. The van der Waals surface area contributed by atoms with Gasteiger partial charge in [0.05, 0.1) is 0 Å². The first-order valence-corrected chi connectivity index (χ1v) is 7.17. The maximum Gasteiger partial charge on any atom is 0.175 e. The predicted octanol–water partition coefficient (Wildman–Crippen LogP) is 2.43. The topological polar surface area (TPSA) is 0 Å². The maximum absolute atomic E-state index is 6.28. The van der Waals surface area contributed by atoms with Gasteiger partial charge in [-0.2, -0.15) is 11.1 Å². The largest absolute Gasteiger partial charge is 0.175 e. The van der Waals surface area contributed by atoms with Crippen LogP contribution in [0.5, 0.6) is 0 Å². The van der Waals surface area contributed by atoms with Gasteiger partial charge >= 0.3 is 0 Å². The highest BCUT2D eigenvalue weighted by Gasteiger charge is 2.08. The highest BCUT2D eigenvalue weighted by Crippen LogP contribution is 2.06. The highest BCUT2D eigenvalue weighted by molar-refractivity contribution is 7.14. The van der Waals surface area contributed by atoms with Crippen molar-refractivity contribution in [2.45, 2.75) is 13.0 Å². The second-order valence-corrected chi connectivity index (χ2v) is 6.63. The van der Waals surface area contributed by atoms with Gasteiger partial charge in [-0.1, -0.05) is 35.9 Å². The Bertz CT molecular complexity index is 256. The summed E-state index contributed by atoms with van der Waals surface area (Å²) in [6.45, 7) is 5.90. The van der Waals surface area contributed by atoms with Gasteiger partial charge in [-0.15, -0.1) is 6.58 Å². The van der Waals surface area contributed by atoms with E-state index >= 15 is 0 Å². The van der Waals surface area contributed by atoms with Crippen molar-refractivity contribution in [3.8, 4) is 0 Å². The Balaban J connectivity index is 2.65. The second kappa shape index (κ2) is 4.48. The molecule has 0 amide bonds. The van der Waals surface area contributed by atoms with E-state index in [0.717, 1.165) is 6.04 Å². The first-order valence-electron chi connectivity index (χ1n) is 4.03. The Labute approximate surface area is 80.2 Å². The molecule has 0 fully saturated rings. The maximum atomic E-state index is 6.28. The predicted molar refractivity (Wildman–Crippen MR) is 58.7 cm³/mol. The molecule has 1 aromatic carbocycles.